The van der Waals surface area contributed by atoms with Gasteiger partial charge in [-0.15, -0.1) is 0 Å². The maximum absolute atomic E-state index is 13.4. The molecule has 40 heavy (non-hydrogen) atoms. The number of piperidine rings is 1. The van der Waals surface area contributed by atoms with Crippen LogP contribution < -0.4 is 14.8 Å². The maximum atomic E-state index is 13.4. The fourth-order valence-electron chi connectivity index (χ4n) is 4.80. The van der Waals surface area contributed by atoms with Crippen LogP contribution in [0.2, 0.25) is 0 Å². The number of halogens is 1. The number of hydrogen-bond donors (Lipinski definition) is 3. The summed E-state index contributed by atoms with van der Waals surface area (Å²) in [6.07, 6.45) is 2.19. The summed E-state index contributed by atoms with van der Waals surface area (Å²) in [5.74, 6) is 0.846. The number of anilines is 1. The van der Waals surface area contributed by atoms with Crippen molar-refractivity contribution in [3.8, 4) is 23.0 Å². The molecular weight excluding hydrogens is 515 g/mol. The quantitative estimate of drug-likeness (QED) is 0.255. The maximum Gasteiger partial charge on any atom is 0.321 e. The molecule has 0 spiro atoms. The van der Waals surface area contributed by atoms with Crippen LogP contribution in [0.15, 0.2) is 66.7 Å². The predicted molar refractivity (Wildman–Crippen MR) is 150 cm³/mol. The normalized spacial score (nSPS) is 14.6. The molecule has 0 aliphatic carbocycles. The van der Waals surface area contributed by atoms with Gasteiger partial charge in [0, 0.05) is 43.4 Å². The van der Waals surface area contributed by atoms with Crippen molar-refractivity contribution >= 4 is 17.7 Å². The van der Waals surface area contributed by atoms with Gasteiger partial charge < -0.3 is 29.9 Å². The predicted octanol–water partition coefficient (Wildman–Crippen LogP) is 6.83. The van der Waals surface area contributed by atoms with Crippen LogP contribution >= 0.6 is 0 Å². The zero-order chi connectivity index (χ0) is 28.7. The minimum atomic E-state index is -0.858. The van der Waals surface area contributed by atoms with Crippen LogP contribution in [0.25, 0.3) is 0 Å². The number of likely N-dealkylation sites (tertiary alicyclic amines) is 1. The molecule has 9 heteroatoms. The molecule has 0 atom stereocenters. The van der Waals surface area contributed by atoms with Crippen LogP contribution in [-0.4, -0.2) is 45.8 Å². The van der Waals surface area contributed by atoms with Crippen molar-refractivity contribution in [2.75, 3.05) is 18.4 Å². The summed E-state index contributed by atoms with van der Waals surface area (Å²) in [4.78, 5) is 25.6. The van der Waals surface area contributed by atoms with Gasteiger partial charge in [-0.05, 0) is 73.6 Å². The van der Waals surface area contributed by atoms with E-state index in [0.29, 0.717) is 73.4 Å². The van der Waals surface area contributed by atoms with Crippen molar-refractivity contribution in [3.05, 3.63) is 78.1 Å². The molecule has 8 nitrogen and oxygen atoms in total. The van der Waals surface area contributed by atoms with E-state index in [-0.39, 0.29) is 18.3 Å². The van der Waals surface area contributed by atoms with Gasteiger partial charge in [0.05, 0.1) is 5.60 Å². The Hall–Kier alpha value is -4.11. The van der Waals surface area contributed by atoms with E-state index in [0.717, 1.165) is 5.56 Å². The third kappa shape index (κ3) is 8.44. The Bertz CT molecular complexity index is 1300. The number of rotatable bonds is 10. The largest absolute Gasteiger partial charge is 0.481 e. The molecule has 0 radical (unpaired) electrons. The third-order valence-corrected chi connectivity index (χ3v) is 6.74. The van der Waals surface area contributed by atoms with Crippen LogP contribution in [0.1, 0.15) is 45.1 Å². The van der Waals surface area contributed by atoms with Gasteiger partial charge in [0.15, 0.2) is 0 Å². The molecule has 1 aliphatic heterocycles. The zero-order valence-corrected chi connectivity index (χ0v) is 22.7. The highest BCUT2D eigenvalue weighted by Gasteiger charge is 2.34. The van der Waals surface area contributed by atoms with Crippen molar-refractivity contribution < 1.29 is 33.7 Å². The van der Waals surface area contributed by atoms with E-state index in [2.05, 4.69) is 19.2 Å². The van der Waals surface area contributed by atoms with Gasteiger partial charge in [-0.2, -0.15) is 0 Å². The molecular formula is C31H35FN2O6. The molecule has 1 fully saturated rings. The second kappa shape index (κ2) is 12.8. The Morgan fingerprint density at radius 2 is 1.48 bits per heavy atom. The highest BCUT2D eigenvalue weighted by atomic mass is 19.1. The van der Waals surface area contributed by atoms with Crippen LogP contribution in [0.5, 0.6) is 23.0 Å². The Morgan fingerprint density at radius 3 is 2.00 bits per heavy atom. The van der Waals surface area contributed by atoms with E-state index in [1.54, 1.807) is 47.4 Å². The van der Waals surface area contributed by atoms with Gasteiger partial charge in [0.1, 0.15) is 28.8 Å². The van der Waals surface area contributed by atoms with Crippen molar-refractivity contribution in [2.45, 2.75) is 51.6 Å². The Kier molecular flexibility index (Phi) is 9.26. The van der Waals surface area contributed by atoms with Crippen LogP contribution in [0.4, 0.5) is 14.9 Å². The summed E-state index contributed by atoms with van der Waals surface area (Å²) in [5.41, 5.74) is 0.566. The van der Waals surface area contributed by atoms with Crippen molar-refractivity contribution in [1.29, 1.82) is 0 Å². The van der Waals surface area contributed by atoms with Gasteiger partial charge in [-0.3, -0.25) is 4.79 Å². The van der Waals surface area contributed by atoms with Gasteiger partial charge in [0.25, 0.3) is 0 Å². The molecule has 3 N–H and O–H groups in total. The lowest BCUT2D eigenvalue weighted by Crippen LogP contribution is -2.48. The highest BCUT2D eigenvalue weighted by molar-refractivity contribution is 5.90. The van der Waals surface area contributed by atoms with Gasteiger partial charge in [-0.1, -0.05) is 26.0 Å². The fraction of sp³-hybridized carbons (Fsp3) is 0.355. The lowest BCUT2D eigenvalue weighted by atomic mass is 9.84. The molecule has 2 amide bonds. The molecule has 1 saturated heterocycles. The zero-order valence-electron chi connectivity index (χ0n) is 22.7. The van der Waals surface area contributed by atoms with Crippen molar-refractivity contribution in [3.63, 3.8) is 0 Å². The summed E-state index contributed by atoms with van der Waals surface area (Å²) in [5, 5.41) is 22.6. The molecule has 0 aromatic heterocycles. The molecule has 0 bridgehead atoms. The van der Waals surface area contributed by atoms with E-state index in [1.165, 1.54) is 24.3 Å². The third-order valence-electron chi connectivity index (χ3n) is 6.74. The van der Waals surface area contributed by atoms with Gasteiger partial charge >= 0.3 is 12.0 Å². The molecule has 0 saturated carbocycles. The standard InChI is InChI=1S/C31H35FN2O6/c1-21(2)20-31(38)13-15-34(16-14-31)30(37)33-24-17-27(19-28(18-24)40-26-10-6-23(32)7-11-26)39-25-8-3-22(4-9-25)5-12-29(35)36/h3-4,6-11,17-19,21,38H,5,12-16,20H2,1-2H3,(H,33,37)(H,35,36). The molecule has 1 heterocycles. The summed E-state index contributed by atoms with van der Waals surface area (Å²) < 4.78 is 25.3. The summed E-state index contributed by atoms with van der Waals surface area (Å²) in [6.45, 7) is 5.04. The molecule has 1 aliphatic rings. The number of benzene rings is 3. The number of carboxylic acids is 1. The number of aliphatic hydroxyl groups is 1. The number of hydrogen-bond acceptors (Lipinski definition) is 5. The SMILES string of the molecule is CC(C)CC1(O)CCN(C(=O)Nc2cc(Oc3ccc(F)cc3)cc(Oc3ccc(CCC(=O)O)cc3)c2)CC1. The average Bonchev–Trinajstić information content (AvgIpc) is 2.89. The number of ether oxygens (including phenoxy) is 2. The number of carbonyl (C=O) groups excluding carboxylic acids is 1. The first-order chi connectivity index (χ1) is 19.1. The number of nitrogens with one attached hydrogen (secondary N) is 1. The highest BCUT2D eigenvalue weighted by Crippen LogP contribution is 2.34. The van der Waals surface area contributed by atoms with E-state index in [9.17, 15) is 19.1 Å². The summed E-state index contributed by atoms with van der Waals surface area (Å²) in [7, 11) is 0. The molecule has 3 aromatic carbocycles. The number of amides is 2. The average molecular weight is 551 g/mol. The number of carbonyl (C=O) groups is 2. The first-order valence-electron chi connectivity index (χ1n) is 13.4. The second-order valence-electron chi connectivity index (χ2n) is 10.6. The van der Waals surface area contributed by atoms with Gasteiger partial charge in [-0.25, -0.2) is 9.18 Å². The number of nitrogens with zero attached hydrogens (tertiary/aromatic N) is 1. The lowest BCUT2D eigenvalue weighted by Gasteiger charge is -2.39. The van der Waals surface area contributed by atoms with E-state index < -0.39 is 11.6 Å². The van der Waals surface area contributed by atoms with Crippen LogP contribution in [0.3, 0.4) is 0 Å². The molecule has 212 valence electrons. The molecule has 0 unspecified atom stereocenters. The number of aryl methyl sites for hydroxylation is 1. The smallest absolute Gasteiger partial charge is 0.321 e. The summed E-state index contributed by atoms with van der Waals surface area (Å²) in [6, 6.07) is 17.4. The number of aliphatic carboxylic acids is 1. The first-order valence-corrected chi connectivity index (χ1v) is 13.4. The Morgan fingerprint density at radius 1 is 0.925 bits per heavy atom. The molecule has 4 rings (SSSR count). The van der Waals surface area contributed by atoms with Crippen molar-refractivity contribution in [1.82, 2.24) is 4.90 Å². The number of carboxylic acid groups (broad SMARTS) is 1. The topological polar surface area (TPSA) is 108 Å². The first kappa shape index (κ1) is 28.9. The van der Waals surface area contributed by atoms with E-state index in [1.807, 2.05) is 0 Å². The van der Waals surface area contributed by atoms with E-state index in [4.69, 9.17) is 14.6 Å². The number of urea groups is 1. The monoisotopic (exact) mass is 550 g/mol. The van der Waals surface area contributed by atoms with Crippen molar-refractivity contribution in [2.24, 2.45) is 5.92 Å². The Balaban J connectivity index is 1.49. The molecule has 3 aromatic rings. The summed E-state index contributed by atoms with van der Waals surface area (Å²) >= 11 is 0. The fourth-order valence-corrected chi connectivity index (χ4v) is 4.80. The minimum Gasteiger partial charge on any atom is -0.481 e. The Labute approximate surface area is 233 Å². The second-order valence-corrected chi connectivity index (χ2v) is 10.6. The minimum absolute atomic E-state index is 0.0417. The lowest BCUT2D eigenvalue weighted by molar-refractivity contribution is -0.136. The van der Waals surface area contributed by atoms with Crippen LogP contribution in [-0.2, 0) is 11.2 Å². The van der Waals surface area contributed by atoms with Gasteiger partial charge in [0.2, 0.25) is 0 Å². The van der Waals surface area contributed by atoms with Crippen LogP contribution in [0, 0.1) is 11.7 Å². The van der Waals surface area contributed by atoms with E-state index >= 15 is 0 Å².